The number of rotatable bonds is 9. The van der Waals surface area contributed by atoms with Crippen LogP contribution in [0.25, 0.3) is 11.0 Å². The Morgan fingerprint density at radius 1 is 1.33 bits per heavy atom. The van der Waals surface area contributed by atoms with E-state index < -0.39 is 11.9 Å². The van der Waals surface area contributed by atoms with Gasteiger partial charge in [0.05, 0.1) is 5.92 Å². The number of benzene rings is 1. The van der Waals surface area contributed by atoms with Gasteiger partial charge in [-0.25, -0.2) is 0 Å². The first kappa shape index (κ1) is 18.0. The molecule has 2 aromatic rings. The first-order valence-corrected chi connectivity index (χ1v) is 8.11. The summed E-state index contributed by atoms with van der Waals surface area (Å²) in [5, 5.41) is 9.97. The second kappa shape index (κ2) is 8.49. The van der Waals surface area contributed by atoms with Crippen molar-refractivity contribution in [1.29, 1.82) is 0 Å². The molecule has 0 aliphatic rings. The molecule has 24 heavy (non-hydrogen) atoms. The van der Waals surface area contributed by atoms with Crippen LogP contribution in [0.15, 0.2) is 34.7 Å². The Kier molecular flexibility index (Phi) is 6.37. The molecule has 130 valence electrons. The lowest BCUT2D eigenvalue weighted by Gasteiger charge is -2.23. The van der Waals surface area contributed by atoms with E-state index in [1.54, 1.807) is 19.1 Å². The number of fused-ring (bicyclic) bond motifs is 1. The van der Waals surface area contributed by atoms with Crippen molar-refractivity contribution < 1.29 is 23.8 Å². The van der Waals surface area contributed by atoms with Gasteiger partial charge < -0.3 is 19.2 Å². The number of hydrogen-bond donors (Lipinski definition) is 1. The van der Waals surface area contributed by atoms with Crippen LogP contribution < -0.4 is 0 Å². The minimum absolute atomic E-state index is 0.136. The topological polar surface area (TPSA) is 80.0 Å². The number of hydrogen-bond acceptors (Lipinski definition) is 4. The molecule has 0 saturated heterocycles. The van der Waals surface area contributed by atoms with Gasteiger partial charge in [0.25, 0.3) is 5.91 Å². The minimum Gasteiger partial charge on any atom is -0.481 e. The third-order valence-corrected chi connectivity index (χ3v) is 3.76. The fourth-order valence-electron chi connectivity index (χ4n) is 2.43. The highest BCUT2D eigenvalue weighted by Crippen LogP contribution is 2.20. The predicted octanol–water partition coefficient (Wildman–Crippen LogP) is 3.02. The van der Waals surface area contributed by atoms with E-state index in [1.807, 2.05) is 25.1 Å². The van der Waals surface area contributed by atoms with Crippen molar-refractivity contribution >= 4 is 22.8 Å². The number of ether oxygens (including phenoxy) is 1. The Bertz CT molecular complexity index is 661. The average Bonchev–Trinajstić information content (AvgIpc) is 3.00. The van der Waals surface area contributed by atoms with Crippen LogP contribution in [0.5, 0.6) is 0 Å². The maximum absolute atomic E-state index is 12.7. The molecule has 1 atom stereocenters. The molecule has 1 amide bonds. The van der Waals surface area contributed by atoms with Crippen LogP contribution >= 0.6 is 0 Å². The number of carboxylic acids is 1. The predicted molar refractivity (Wildman–Crippen MR) is 90.0 cm³/mol. The fourth-order valence-corrected chi connectivity index (χ4v) is 2.43. The summed E-state index contributed by atoms with van der Waals surface area (Å²) < 4.78 is 10.9. The molecule has 1 unspecified atom stereocenters. The van der Waals surface area contributed by atoms with E-state index in [-0.39, 0.29) is 18.2 Å². The van der Waals surface area contributed by atoms with E-state index in [4.69, 9.17) is 14.3 Å². The maximum Gasteiger partial charge on any atom is 0.308 e. The van der Waals surface area contributed by atoms with Crippen molar-refractivity contribution in [2.45, 2.75) is 20.3 Å². The lowest BCUT2D eigenvalue weighted by atomic mass is 10.1. The zero-order valence-corrected chi connectivity index (χ0v) is 14.0. The fraction of sp³-hybridized carbons (Fsp3) is 0.444. The van der Waals surface area contributed by atoms with Gasteiger partial charge in [-0.05, 0) is 25.5 Å². The normalized spacial score (nSPS) is 12.2. The SMILES string of the molecule is CCOCCCN(CC(C)C(=O)O)C(=O)c1cc2ccccc2o1. The molecule has 1 N–H and O–H groups in total. The number of nitrogens with zero attached hydrogens (tertiary/aromatic N) is 1. The van der Waals surface area contributed by atoms with Crippen molar-refractivity contribution in [3.63, 3.8) is 0 Å². The molecule has 0 fully saturated rings. The van der Waals surface area contributed by atoms with Crippen LogP contribution in [-0.2, 0) is 9.53 Å². The molecule has 0 aliphatic carbocycles. The highest BCUT2D eigenvalue weighted by Gasteiger charge is 2.24. The van der Waals surface area contributed by atoms with Crippen molar-refractivity contribution in [2.24, 2.45) is 5.92 Å². The summed E-state index contributed by atoms with van der Waals surface area (Å²) in [7, 11) is 0. The summed E-state index contributed by atoms with van der Waals surface area (Å²) >= 11 is 0. The van der Waals surface area contributed by atoms with Gasteiger partial charge >= 0.3 is 5.97 Å². The molecule has 2 rings (SSSR count). The highest BCUT2D eigenvalue weighted by molar-refractivity contribution is 5.96. The summed E-state index contributed by atoms with van der Waals surface area (Å²) in [6.07, 6.45) is 0.645. The van der Waals surface area contributed by atoms with Gasteiger partial charge in [0.15, 0.2) is 5.76 Å². The van der Waals surface area contributed by atoms with Crippen LogP contribution in [0, 0.1) is 5.92 Å². The Labute approximate surface area is 141 Å². The molecular weight excluding hydrogens is 310 g/mol. The van der Waals surface area contributed by atoms with Crippen molar-refractivity contribution in [3.8, 4) is 0 Å². The molecule has 0 bridgehead atoms. The second-order valence-corrected chi connectivity index (χ2v) is 5.69. The lowest BCUT2D eigenvalue weighted by molar-refractivity contribution is -0.141. The minimum atomic E-state index is -0.929. The molecule has 1 aromatic carbocycles. The van der Waals surface area contributed by atoms with Gasteiger partial charge in [-0.3, -0.25) is 9.59 Å². The van der Waals surface area contributed by atoms with E-state index in [2.05, 4.69) is 0 Å². The zero-order valence-electron chi connectivity index (χ0n) is 14.0. The van der Waals surface area contributed by atoms with Crippen LogP contribution in [0.1, 0.15) is 30.8 Å². The number of carbonyl (C=O) groups is 2. The van der Waals surface area contributed by atoms with Gasteiger partial charge in [-0.1, -0.05) is 25.1 Å². The summed E-state index contributed by atoms with van der Waals surface area (Å²) in [4.78, 5) is 25.4. The molecule has 0 spiro atoms. The maximum atomic E-state index is 12.7. The molecule has 6 nitrogen and oxygen atoms in total. The summed E-state index contributed by atoms with van der Waals surface area (Å²) in [5.41, 5.74) is 0.640. The van der Waals surface area contributed by atoms with Crippen LogP contribution in [0.2, 0.25) is 0 Å². The number of furan rings is 1. The number of aliphatic carboxylic acids is 1. The summed E-state index contributed by atoms with van der Waals surface area (Å²) in [5.74, 6) is -1.64. The Hall–Kier alpha value is -2.34. The molecule has 6 heteroatoms. The number of para-hydroxylation sites is 1. The van der Waals surface area contributed by atoms with Gasteiger partial charge in [-0.2, -0.15) is 0 Å². The van der Waals surface area contributed by atoms with Crippen LogP contribution in [0.4, 0.5) is 0 Å². The van der Waals surface area contributed by atoms with E-state index >= 15 is 0 Å². The quantitative estimate of drug-likeness (QED) is 0.714. The first-order chi connectivity index (χ1) is 11.5. The van der Waals surface area contributed by atoms with E-state index in [0.29, 0.717) is 31.8 Å². The third kappa shape index (κ3) is 4.58. The monoisotopic (exact) mass is 333 g/mol. The standard InChI is InChI=1S/C18H23NO5/c1-3-23-10-6-9-19(12-13(2)18(21)22)17(20)16-11-14-7-4-5-8-15(14)24-16/h4-5,7-8,11,13H,3,6,9-10,12H2,1-2H3,(H,21,22). The van der Waals surface area contributed by atoms with Crippen molar-refractivity contribution in [3.05, 3.63) is 36.1 Å². The molecule has 1 aromatic heterocycles. The van der Waals surface area contributed by atoms with E-state index in [1.165, 1.54) is 4.90 Å². The molecule has 0 aliphatic heterocycles. The smallest absolute Gasteiger partial charge is 0.308 e. The summed E-state index contributed by atoms with van der Waals surface area (Å²) in [6.45, 7) is 5.20. The van der Waals surface area contributed by atoms with Gasteiger partial charge in [0.2, 0.25) is 0 Å². The van der Waals surface area contributed by atoms with E-state index in [9.17, 15) is 9.59 Å². The zero-order chi connectivity index (χ0) is 17.5. The first-order valence-electron chi connectivity index (χ1n) is 8.11. The Morgan fingerprint density at radius 2 is 2.08 bits per heavy atom. The van der Waals surface area contributed by atoms with Gasteiger partial charge in [0, 0.05) is 31.7 Å². The highest BCUT2D eigenvalue weighted by atomic mass is 16.5. The number of carbonyl (C=O) groups excluding carboxylic acids is 1. The van der Waals surface area contributed by atoms with Crippen LogP contribution in [0.3, 0.4) is 0 Å². The van der Waals surface area contributed by atoms with Gasteiger partial charge in [-0.15, -0.1) is 0 Å². The largest absolute Gasteiger partial charge is 0.481 e. The molecule has 1 heterocycles. The van der Waals surface area contributed by atoms with E-state index in [0.717, 1.165) is 5.39 Å². The van der Waals surface area contributed by atoms with Crippen molar-refractivity contribution in [1.82, 2.24) is 4.90 Å². The van der Waals surface area contributed by atoms with Crippen LogP contribution in [-0.4, -0.2) is 48.2 Å². The number of carboxylic acid groups (broad SMARTS) is 1. The Morgan fingerprint density at radius 3 is 2.75 bits per heavy atom. The Balaban J connectivity index is 2.13. The van der Waals surface area contributed by atoms with Gasteiger partial charge in [0.1, 0.15) is 5.58 Å². The summed E-state index contributed by atoms with van der Waals surface area (Å²) in [6, 6.07) is 9.07. The second-order valence-electron chi connectivity index (χ2n) is 5.69. The van der Waals surface area contributed by atoms with Crippen molar-refractivity contribution in [2.75, 3.05) is 26.3 Å². The molecule has 0 radical (unpaired) electrons. The molecular formula is C18H23NO5. The third-order valence-electron chi connectivity index (χ3n) is 3.76. The lowest BCUT2D eigenvalue weighted by Crippen LogP contribution is -2.37. The number of amides is 1. The average molecular weight is 333 g/mol. The molecule has 0 saturated carbocycles.